The number of hydrogen-bond donors (Lipinski definition) is 0. The van der Waals surface area contributed by atoms with E-state index < -0.39 is 0 Å². The van der Waals surface area contributed by atoms with E-state index in [4.69, 9.17) is 23.4 Å². The van der Waals surface area contributed by atoms with E-state index in [1.807, 2.05) is 18.2 Å². The largest absolute Gasteiger partial charge is 0.472 e. The molecule has 1 aromatic rings. The Balaban J connectivity index is 1.38. The maximum atomic E-state index is 12.0. The van der Waals surface area contributed by atoms with Crippen molar-refractivity contribution in [3.05, 3.63) is 47.5 Å². The fraction of sp³-hybridized carbons (Fsp3) is 0.550. The molecule has 4 aliphatic heterocycles. The smallest absolute Gasteiger partial charge is 0.338 e. The zero-order chi connectivity index (χ0) is 17.5. The van der Waals surface area contributed by atoms with Gasteiger partial charge < -0.3 is 23.4 Å². The van der Waals surface area contributed by atoms with E-state index in [0.717, 1.165) is 17.6 Å². The number of hydrogen-bond acceptors (Lipinski definition) is 6. The van der Waals surface area contributed by atoms with Crippen LogP contribution in [-0.4, -0.2) is 37.2 Å². The second-order valence-electron chi connectivity index (χ2n) is 7.97. The Morgan fingerprint density at radius 1 is 1.23 bits per heavy atom. The third-order valence-corrected chi connectivity index (χ3v) is 6.82. The van der Waals surface area contributed by atoms with Crippen LogP contribution in [0.3, 0.4) is 0 Å². The third kappa shape index (κ3) is 1.89. The summed E-state index contributed by atoms with van der Waals surface area (Å²) in [4.78, 5) is 12.0. The molecule has 3 fully saturated rings. The lowest BCUT2D eigenvalue weighted by Crippen LogP contribution is -2.39. The predicted octanol–water partition coefficient (Wildman–Crippen LogP) is 2.67. The first-order valence-corrected chi connectivity index (χ1v) is 9.22. The zero-order valence-corrected chi connectivity index (χ0v) is 14.4. The van der Waals surface area contributed by atoms with Gasteiger partial charge in [-0.3, -0.25) is 0 Å². The second kappa shape index (κ2) is 5.09. The number of carbonyl (C=O) groups excluding carboxylic acids is 1. The summed E-state index contributed by atoms with van der Waals surface area (Å²) < 4.78 is 29.3. The van der Waals surface area contributed by atoms with Crippen molar-refractivity contribution in [1.29, 1.82) is 0 Å². The van der Waals surface area contributed by atoms with Gasteiger partial charge in [0, 0.05) is 5.56 Å². The highest BCUT2D eigenvalue weighted by Gasteiger charge is 2.70. The molecule has 6 heteroatoms. The second-order valence-corrected chi connectivity index (χ2v) is 7.97. The number of rotatable bonds is 1. The summed E-state index contributed by atoms with van der Waals surface area (Å²) in [6.45, 7) is 2.59. The number of carbonyl (C=O) groups is 1. The molecule has 3 saturated heterocycles. The molecule has 0 saturated carbocycles. The van der Waals surface area contributed by atoms with E-state index in [9.17, 15) is 4.79 Å². The number of epoxide rings is 1. The summed E-state index contributed by atoms with van der Waals surface area (Å²) in [5.74, 6) is 0.0150. The van der Waals surface area contributed by atoms with Crippen LogP contribution in [-0.2, 0) is 23.7 Å². The molecule has 0 N–H and O–H groups in total. The number of fused-ring (bicyclic) bond motifs is 2. The summed E-state index contributed by atoms with van der Waals surface area (Å²) in [6.07, 6.45) is 8.55. The molecule has 1 spiro atoms. The maximum Gasteiger partial charge on any atom is 0.338 e. The molecule has 5 aliphatic rings. The number of cyclic esters (lactones) is 1. The van der Waals surface area contributed by atoms with Crippen molar-refractivity contribution >= 4 is 5.97 Å². The van der Waals surface area contributed by atoms with Crippen molar-refractivity contribution < 1.29 is 28.2 Å². The first kappa shape index (κ1) is 15.2. The Hall–Kier alpha value is -1.89. The summed E-state index contributed by atoms with van der Waals surface area (Å²) in [7, 11) is 0. The minimum absolute atomic E-state index is 0.00106. The lowest BCUT2D eigenvalue weighted by atomic mass is 9.68. The normalized spacial score (nSPS) is 47.2. The van der Waals surface area contributed by atoms with E-state index in [1.54, 1.807) is 12.5 Å². The van der Waals surface area contributed by atoms with Gasteiger partial charge >= 0.3 is 5.97 Å². The molecular formula is C20H20O6. The van der Waals surface area contributed by atoms with Gasteiger partial charge in [-0.1, -0.05) is 13.0 Å². The van der Waals surface area contributed by atoms with Gasteiger partial charge in [0.05, 0.1) is 41.8 Å². The minimum Gasteiger partial charge on any atom is -0.472 e. The molecule has 0 radical (unpaired) electrons. The monoisotopic (exact) mass is 356 g/mol. The van der Waals surface area contributed by atoms with Gasteiger partial charge in [-0.15, -0.1) is 0 Å². The van der Waals surface area contributed by atoms with Crippen LogP contribution < -0.4 is 0 Å². The SMILES string of the molecule is C[C@@H]1[C@H]2CC3=C(/C=C\[C@H]4O[C@H]4[C@]14C[C@@H](c1ccoc1)O[C@@H]4O2)C(=O)OC3. The Morgan fingerprint density at radius 3 is 3.00 bits per heavy atom. The predicted molar refractivity (Wildman–Crippen MR) is 87.8 cm³/mol. The summed E-state index contributed by atoms with van der Waals surface area (Å²) in [5, 5.41) is 0. The van der Waals surface area contributed by atoms with Gasteiger partial charge in [0.15, 0.2) is 6.29 Å². The van der Waals surface area contributed by atoms with Crippen molar-refractivity contribution in [2.45, 2.75) is 50.5 Å². The molecule has 136 valence electrons. The zero-order valence-electron chi connectivity index (χ0n) is 14.4. The highest BCUT2D eigenvalue weighted by atomic mass is 16.7. The Morgan fingerprint density at radius 2 is 2.15 bits per heavy atom. The van der Waals surface area contributed by atoms with Crippen LogP contribution in [0.5, 0.6) is 0 Å². The average Bonchev–Trinajstić information content (AvgIpc) is 3.00. The van der Waals surface area contributed by atoms with E-state index in [0.29, 0.717) is 18.6 Å². The van der Waals surface area contributed by atoms with E-state index >= 15 is 0 Å². The fourth-order valence-corrected chi connectivity index (χ4v) is 5.26. The minimum atomic E-state index is -0.300. The molecule has 2 bridgehead atoms. The average molecular weight is 356 g/mol. The van der Waals surface area contributed by atoms with Crippen LogP contribution in [0, 0.1) is 11.3 Å². The maximum absolute atomic E-state index is 12.0. The van der Waals surface area contributed by atoms with Crippen molar-refractivity contribution in [1.82, 2.24) is 0 Å². The van der Waals surface area contributed by atoms with Gasteiger partial charge in [0.2, 0.25) is 0 Å². The van der Waals surface area contributed by atoms with Gasteiger partial charge in [0.25, 0.3) is 0 Å². The quantitative estimate of drug-likeness (QED) is 0.569. The van der Waals surface area contributed by atoms with Gasteiger partial charge in [0.1, 0.15) is 12.7 Å². The first-order chi connectivity index (χ1) is 12.7. The third-order valence-electron chi connectivity index (χ3n) is 6.82. The van der Waals surface area contributed by atoms with Crippen molar-refractivity contribution in [2.24, 2.45) is 11.3 Å². The molecule has 6 rings (SSSR count). The Labute approximate surface area is 150 Å². The van der Waals surface area contributed by atoms with E-state index in [-0.39, 0.29) is 48.0 Å². The van der Waals surface area contributed by atoms with Crippen LogP contribution in [0.25, 0.3) is 0 Å². The topological polar surface area (TPSA) is 70.4 Å². The van der Waals surface area contributed by atoms with Gasteiger partial charge in [-0.25, -0.2) is 4.79 Å². The van der Waals surface area contributed by atoms with Gasteiger partial charge in [-0.2, -0.15) is 0 Å². The van der Waals surface area contributed by atoms with Crippen LogP contribution in [0.4, 0.5) is 0 Å². The van der Waals surface area contributed by atoms with Crippen molar-refractivity contribution in [2.75, 3.05) is 6.61 Å². The molecule has 26 heavy (non-hydrogen) atoms. The van der Waals surface area contributed by atoms with E-state index in [2.05, 4.69) is 6.92 Å². The van der Waals surface area contributed by atoms with Crippen molar-refractivity contribution in [3.63, 3.8) is 0 Å². The molecule has 1 aromatic heterocycles. The van der Waals surface area contributed by atoms with Crippen molar-refractivity contribution in [3.8, 4) is 0 Å². The van der Waals surface area contributed by atoms with Crippen LogP contribution in [0.2, 0.25) is 0 Å². The summed E-state index contributed by atoms with van der Waals surface area (Å²) >= 11 is 0. The molecule has 0 aromatic carbocycles. The molecule has 0 amide bonds. The molecule has 7 atom stereocenters. The highest BCUT2D eigenvalue weighted by Crippen LogP contribution is 2.63. The molecule has 1 aliphatic carbocycles. The molecular weight excluding hydrogens is 336 g/mol. The molecule has 0 unspecified atom stereocenters. The standard InChI is InChI=1S/C20H20O6/c1-10-15-6-12-9-23-18(21)13(12)2-3-14-17(24-14)20(10)7-16(26-19(20)25-15)11-4-5-22-8-11/h2-5,8,10,14-17,19H,6-7,9H2,1H3/b3-2-/t10-,14-,15-,16+,17-,19+,20+/m1/s1. The van der Waals surface area contributed by atoms with Crippen LogP contribution in [0.15, 0.2) is 46.3 Å². The molecule has 6 nitrogen and oxygen atoms in total. The summed E-state index contributed by atoms with van der Waals surface area (Å²) in [6, 6.07) is 1.95. The number of furan rings is 1. The Bertz CT molecular complexity index is 823. The number of ether oxygens (including phenoxy) is 4. The van der Waals surface area contributed by atoms with Gasteiger partial charge in [-0.05, 0) is 36.5 Å². The lowest BCUT2D eigenvalue weighted by molar-refractivity contribution is -0.154. The number of esters is 1. The lowest BCUT2D eigenvalue weighted by Gasteiger charge is -2.30. The summed E-state index contributed by atoms with van der Waals surface area (Å²) in [5.41, 5.74) is 2.55. The van der Waals surface area contributed by atoms with Crippen LogP contribution >= 0.6 is 0 Å². The Kier molecular flexibility index (Phi) is 2.98. The highest BCUT2D eigenvalue weighted by molar-refractivity contribution is 5.94. The van der Waals surface area contributed by atoms with Crippen LogP contribution in [0.1, 0.15) is 31.4 Å². The molecule has 5 heterocycles. The first-order valence-electron chi connectivity index (χ1n) is 9.22. The fourth-order valence-electron chi connectivity index (χ4n) is 5.26. The van der Waals surface area contributed by atoms with E-state index in [1.165, 1.54) is 0 Å².